The Labute approximate surface area is 193 Å². The number of carbonyl (C=O) groups is 1. The zero-order valence-corrected chi connectivity index (χ0v) is 17.9. The number of amides is 2. The maximum Gasteiger partial charge on any atom is 0.329 e. The molecule has 2 bridgehead atoms. The minimum atomic E-state index is -0.329. The molecule has 2 aliphatic rings. The molecule has 0 unspecified atom stereocenters. The molecule has 0 radical (unpaired) electrons. The van der Waals surface area contributed by atoms with Gasteiger partial charge in [-0.2, -0.15) is 0 Å². The molecular weight excluding hydrogens is 436 g/mol. The average molecular weight is 454 g/mol. The van der Waals surface area contributed by atoms with Crippen LogP contribution in [0.25, 0.3) is 32.1 Å². The Morgan fingerprint density at radius 3 is 2.91 bits per heavy atom. The maximum atomic E-state index is 13.3. The smallest absolute Gasteiger partial charge is 0.329 e. The van der Waals surface area contributed by atoms with Crippen molar-refractivity contribution in [2.45, 2.75) is 19.0 Å². The van der Waals surface area contributed by atoms with Crippen molar-refractivity contribution in [1.29, 1.82) is 0 Å². The van der Waals surface area contributed by atoms with E-state index in [-0.39, 0.29) is 18.6 Å². The first-order chi connectivity index (χ1) is 16.7. The van der Waals surface area contributed by atoms with E-state index < -0.39 is 0 Å². The normalized spacial score (nSPS) is 15.7. The third-order valence-corrected chi connectivity index (χ3v) is 5.72. The number of nitrogens with zero attached hydrogens (tertiary/aromatic N) is 11. The predicted molar refractivity (Wildman–Crippen MR) is 125 cm³/mol. The van der Waals surface area contributed by atoms with Crippen LogP contribution in [0.3, 0.4) is 0 Å². The Morgan fingerprint density at radius 1 is 1.21 bits per heavy atom. The number of azide groups is 2. The first-order valence-electron chi connectivity index (χ1n) is 10.5. The molecule has 13 nitrogen and oxygen atoms in total. The van der Waals surface area contributed by atoms with E-state index in [2.05, 4.69) is 40.2 Å². The van der Waals surface area contributed by atoms with E-state index >= 15 is 0 Å². The number of benzene rings is 1. The van der Waals surface area contributed by atoms with Crippen LogP contribution in [-0.4, -0.2) is 40.1 Å². The molecule has 168 valence electrons. The van der Waals surface area contributed by atoms with Gasteiger partial charge < -0.3 is 4.90 Å². The Balaban J connectivity index is 1.56. The third kappa shape index (κ3) is 3.99. The van der Waals surface area contributed by atoms with Crippen molar-refractivity contribution in [1.82, 2.24) is 15.0 Å². The molecule has 0 spiro atoms. The van der Waals surface area contributed by atoms with E-state index in [1.807, 2.05) is 18.2 Å². The largest absolute Gasteiger partial charge is 0.366 e. The van der Waals surface area contributed by atoms with Gasteiger partial charge in [0.1, 0.15) is 0 Å². The fourth-order valence-electron chi connectivity index (χ4n) is 4.30. The molecule has 2 aromatic heterocycles. The summed E-state index contributed by atoms with van der Waals surface area (Å²) in [5.74, 6) is 0.897. The van der Waals surface area contributed by atoms with Gasteiger partial charge in [-0.1, -0.05) is 10.2 Å². The standard InChI is InChI=1S/C21H18N12O/c22-30-26-10-13-7-14(9-15(8-13)29-31-23)17-1-2-18-20(27-17)33(16-3-6-32(18)12-16)21(34)28-19-11-24-4-5-25-19/h1-2,4-5,7-9,11,16H,3,6,10,12H2,(H,25,28,34)/t16-/m0/s1. The van der Waals surface area contributed by atoms with Gasteiger partial charge in [-0.15, -0.1) is 0 Å². The van der Waals surface area contributed by atoms with Crippen molar-refractivity contribution >= 4 is 29.0 Å². The summed E-state index contributed by atoms with van der Waals surface area (Å²) in [7, 11) is 0. The highest BCUT2D eigenvalue weighted by atomic mass is 16.2. The maximum absolute atomic E-state index is 13.3. The second-order valence-corrected chi connectivity index (χ2v) is 7.79. The van der Waals surface area contributed by atoms with E-state index in [4.69, 9.17) is 16.0 Å². The summed E-state index contributed by atoms with van der Waals surface area (Å²) in [5.41, 5.74) is 20.7. The van der Waals surface area contributed by atoms with Crippen LogP contribution in [0, 0.1) is 0 Å². The van der Waals surface area contributed by atoms with E-state index in [1.165, 1.54) is 18.6 Å². The molecule has 1 saturated heterocycles. The van der Waals surface area contributed by atoms with E-state index in [1.54, 1.807) is 17.0 Å². The van der Waals surface area contributed by atoms with Crippen LogP contribution in [0.15, 0.2) is 59.2 Å². The van der Waals surface area contributed by atoms with Gasteiger partial charge >= 0.3 is 6.03 Å². The van der Waals surface area contributed by atoms with Gasteiger partial charge in [0.15, 0.2) is 11.6 Å². The number of anilines is 3. The molecule has 4 heterocycles. The molecule has 34 heavy (non-hydrogen) atoms. The minimum absolute atomic E-state index is 0.0260. The Bertz CT molecular complexity index is 1350. The molecule has 1 N–H and O–H groups in total. The lowest BCUT2D eigenvalue weighted by molar-refractivity contribution is 0.254. The molecule has 3 aromatic rings. The summed E-state index contributed by atoms with van der Waals surface area (Å²) in [6, 6.07) is 8.63. The molecule has 2 aliphatic heterocycles. The van der Waals surface area contributed by atoms with Crippen molar-refractivity contribution in [2.75, 3.05) is 28.2 Å². The highest BCUT2D eigenvalue weighted by Crippen LogP contribution is 2.40. The van der Waals surface area contributed by atoms with Crippen LogP contribution in [-0.2, 0) is 6.54 Å². The van der Waals surface area contributed by atoms with Crippen molar-refractivity contribution < 1.29 is 4.79 Å². The van der Waals surface area contributed by atoms with Crippen LogP contribution >= 0.6 is 0 Å². The van der Waals surface area contributed by atoms with Crippen LogP contribution in [0.2, 0.25) is 0 Å². The first-order valence-corrected chi connectivity index (χ1v) is 10.5. The van der Waals surface area contributed by atoms with E-state index in [9.17, 15) is 4.79 Å². The Kier molecular flexibility index (Phi) is 5.53. The van der Waals surface area contributed by atoms with Gasteiger partial charge in [0.2, 0.25) is 0 Å². The van der Waals surface area contributed by atoms with Crippen molar-refractivity contribution in [3.63, 3.8) is 0 Å². The number of fused-ring (bicyclic) bond motifs is 4. The predicted octanol–water partition coefficient (Wildman–Crippen LogP) is 4.92. The molecule has 0 saturated carbocycles. The minimum Gasteiger partial charge on any atom is -0.366 e. The average Bonchev–Trinajstić information content (AvgIpc) is 3.27. The van der Waals surface area contributed by atoms with Crippen molar-refractivity contribution in [2.24, 2.45) is 10.2 Å². The molecule has 2 amide bonds. The molecule has 13 heteroatoms. The van der Waals surface area contributed by atoms with Gasteiger partial charge in [0, 0.05) is 46.6 Å². The number of aromatic nitrogens is 3. The highest BCUT2D eigenvalue weighted by Gasteiger charge is 2.40. The van der Waals surface area contributed by atoms with Crippen LogP contribution in [0.5, 0.6) is 0 Å². The summed E-state index contributed by atoms with van der Waals surface area (Å²) in [6.07, 6.45) is 5.36. The number of urea groups is 1. The monoisotopic (exact) mass is 454 g/mol. The van der Waals surface area contributed by atoms with Gasteiger partial charge in [0.25, 0.3) is 0 Å². The van der Waals surface area contributed by atoms with Crippen LogP contribution in [0.1, 0.15) is 12.0 Å². The number of rotatable bonds is 5. The molecule has 1 atom stereocenters. The zero-order valence-electron chi connectivity index (χ0n) is 17.9. The van der Waals surface area contributed by atoms with Gasteiger partial charge in [-0.25, -0.2) is 14.8 Å². The topological polar surface area (TPSA) is 172 Å². The number of hydrogen-bond acceptors (Lipinski definition) is 7. The van der Waals surface area contributed by atoms with Crippen molar-refractivity contribution in [3.8, 4) is 11.3 Å². The summed E-state index contributed by atoms with van der Waals surface area (Å²) >= 11 is 0. The fourth-order valence-corrected chi connectivity index (χ4v) is 4.30. The number of carbonyl (C=O) groups excluding carboxylic acids is 1. The molecular formula is C21H18N12O. The summed E-state index contributed by atoms with van der Waals surface area (Å²) < 4.78 is 0. The van der Waals surface area contributed by atoms with E-state index in [0.29, 0.717) is 34.1 Å². The van der Waals surface area contributed by atoms with Gasteiger partial charge in [0.05, 0.1) is 30.2 Å². The third-order valence-electron chi connectivity index (χ3n) is 5.72. The highest BCUT2D eigenvalue weighted by molar-refractivity contribution is 6.04. The quantitative estimate of drug-likeness (QED) is 0.327. The lowest BCUT2D eigenvalue weighted by Gasteiger charge is -2.35. The Morgan fingerprint density at radius 2 is 2.12 bits per heavy atom. The number of hydrogen-bond donors (Lipinski definition) is 1. The molecule has 1 fully saturated rings. The lowest BCUT2D eigenvalue weighted by Crippen LogP contribution is -2.48. The van der Waals surface area contributed by atoms with Crippen LogP contribution < -0.4 is 15.1 Å². The fraction of sp³-hybridized carbons (Fsp3) is 0.238. The molecule has 0 aliphatic carbocycles. The number of nitrogens with one attached hydrogen (secondary N) is 1. The Hall–Kier alpha value is -4.86. The molecule has 1 aromatic carbocycles. The summed E-state index contributed by atoms with van der Waals surface area (Å²) in [6.45, 7) is 1.66. The first kappa shape index (κ1) is 21.0. The van der Waals surface area contributed by atoms with Gasteiger partial charge in [-0.05, 0) is 53.4 Å². The molecule has 5 rings (SSSR count). The lowest BCUT2D eigenvalue weighted by atomic mass is 10.1. The summed E-state index contributed by atoms with van der Waals surface area (Å²) in [5, 5.41) is 10.1. The van der Waals surface area contributed by atoms with Gasteiger partial charge in [-0.3, -0.25) is 15.2 Å². The van der Waals surface area contributed by atoms with Crippen LogP contribution in [0.4, 0.5) is 27.8 Å². The van der Waals surface area contributed by atoms with Crippen molar-refractivity contribution in [3.05, 3.63) is 75.4 Å². The second kappa shape index (κ2) is 8.94. The second-order valence-electron chi connectivity index (χ2n) is 7.79. The zero-order chi connectivity index (χ0) is 23.5. The summed E-state index contributed by atoms with van der Waals surface area (Å²) in [4.78, 5) is 35.8. The number of pyridine rings is 1. The van der Waals surface area contributed by atoms with E-state index in [0.717, 1.165) is 25.2 Å². The SMILES string of the molecule is [N-]=[N+]=NCc1cc(N=[N+]=[N-])cc(-c2ccc3c(n2)N(C(=O)Nc2cnccn2)[C@H]2CCN3C2)c1.